The molecule has 0 aliphatic rings. The van der Waals surface area contributed by atoms with Gasteiger partial charge in [0, 0.05) is 0 Å². The zero-order valence-electron chi connectivity index (χ0n) is 5.64. The van der Waals surface area contributed by atoms with Crippen LogP contribution in [-0.4, -0.2) is 15.8 Å². The van der Waals surface area contributed by atoms with Gasteiger partial charge in [0.2, 0.25) is 0 Å². The molecular formula is C5H5BrIN2OP. The Kier molecular flexibility index (Phi) is 3.46. The van der Waals surface area contributed by atoms with Crippen LogP contribution in [0, 0.1) is 6.92 Å². The van der Waals surface area contributed by atoms with E-state index in [4.69, 9.17) is 0 Å². The van der Waals surface area contributed by atoms with Crippen LogP contribution >= 0.6 is 44.3 Å². The van der Waals surface area contributed by atoms with E-state index in [0.717, 1.165) is 16.5 Å². The van der Waals surface area contributed by atoms with Crippen LogP contribution < -0.4 is 0 Å². The van der Waals surface area contributed by atoms with Crippen molar-refractivity contribution in [2.45, 2.75) is 6.92 Å². The summed E-state index contributed by atoms with van der Waals surface area (Å²) in [5, 5.41) is 4.05. The average molecular weight is 347 g/mol. The molecule has 1 atom stereocenters. The van der Waals surface area contributed by atoms with Crippen molar-refractivity contribution in [2.24, 2.45) is 0 Å². The predicted molar refractivity (Wildman–Crippen MR) is 57.8 cm³/mol. The number of rotatable bonds is 2. The minimum atomic E-state index is 0.478. The predicted octanol–water partition coefficient (Wildman–Crippen LogP) is 2.56. The molecule has 0 amide bonds. The van der Waals surface area contributed by atoms with Crippen LogP contribution in [0.25, 0.3) is 0 Å². The average Bonchev–Trinajstić information content (AvgIpc) is 2.30. The number of carbonyl (C=O) groups is 1. The molecule has 0 saturated carbocycles. The molecule has 0 spiro atoms. The molecule has 0 aliphatic heterocycles. The molecule has 1 aromatic rings. The fourth-order valence-corrected chi connectivity index (χ4v) is 2.96. The molecular weight excluding hydrogens is 342 g/mol. The van der Waals surface area contributed by atoms with Gasteiger partial charge in [-0.2, -0.15) is 5.10 Å². The Morgan fingerprint density at radius 1 is 1.82 bits per heavy atom. The van der Waals surface area contributed by atoms with Gasteiger partial charge in [0.1, 0.15) is 5.69 Å². The Hall–Kier alpha value is 0.520. The third-order valence-corrected chi connectivity index (χ3v) is 4.21. The van der Waals surface area contributed by atoms with Crippen LogP contribution in [0.1, 0.15) is 16.2 Å². The highest BCUT2D eigenvalue weighted by molar-refractivity contribution is 14.2. The number of hydrogen-bond acceptors (Lipinski definition) is 2. The lowest BCUT2D eigenvalue weighted by molar-refractivity contribution is 0.111. The number of hydrogen-bond donors (Lipinski definition) is 0. The molecule has 60 valence electrons. The van der Waals surface area contributed by atoms with E-state index >= 15 is 0 Å². The summed E-state index contributed by atoms with van der Waals surface area (Å²) in [5.41, 5.74) is 1.48. The van der Waals surface area contributed by atoms with Gasteiger partial charge in [-0.25, -0.2) is 4.45 Å². The van der Waals surface area contributed by atoms with Gasteiger partial charge in [-0.1, -0.05) is 0 Å². The van der Waals surface area contributed by atoms with Crippen molar-refractivity contribution >= 4 is 50.6 Å². The topological polar surface area (TPSA) is 34.9 Å². The third-order valence-electron chi connectivity index (χ3n) is 1.26. The first-order valence-corrected chi connectivity index (χ1v) is 7.63. The van der Waals surface area contributed by atoms with E-state index in [0.29, 0.717) is 12.1 Å². The molecule has 1 unspecified atom stereocenters. The molecule has 1 heterocycles. The molecule has 1 aromatic heterocycles. The van der Waals surface area contributed by atoms with Crippen molar-refractivity contribution < 1.29 is 4.79 Å². The smallest absolute Gasteiger partial charge is 0.171 e. The highest BCUT2D eigenvalue weighted by atomic mass is 127. The Bertz CT molecular complexity index is 288. The normalized spacial score (nSPS) is 11.2. The maximum Gasteiger partial charge on any atom is 0.171 e. The Morgan fingerprint density at radius 2 is 2.45 bits per heavy atom. The number of aromatic nitrogens is 2. The van der Waals surface area contributed by atoms with Gasteiger partial charge in [0.15, 0.2) is 6.29 Å². The zero-order chi connectivity index (χ0) is 8.43. The summed E-state index contributed by atoms with van der Waals surface area (Å²) in [4.78, 5) is 10.4. The summed E-state index contributed by atoms with van der Waals surface area (Å²) < 4.78 is 2.60. The Balaban J connectivity index is 3.22. The molecule has 0 aromatic carbocycles. The highest BCUT2D eigenvalue weighted by Gasteiger charge is 2.09. The standard InChI is InChI=1S/C5H5BrIN2OP/c1-3-5(6)4(2-10)8-9(3)11-7/h2,11H,1H3. The number of nitrogens with zero attached hydrogens (tertiary/aromatic N) is 2. The van der Waals surface area contributed by atoms with E-state index in [1.807, 2.05) is 6.92 Å². The molecule has 0 bridgehead atoms. The van der Waals surface area contributed by atoms with E-state index in [2.05, 4.69) is 43.1 Å². The first-order valence-electron chi connectivity index (χ1n) is 2.77. The zero-order valence-corrected chi connectivity index (χ0v) is 10.4. The summed E-state index contributed by atoms with van der Waals surface area (Å²) in [5.74, 6) is 0. The lowest BCUT2D eigenvalue weighted by atomic mass is 10.4. The van der Waals surface area contributed by atoms with Gasteiger partial charge in [-0.15, -0.1) is 0 Å². The maximum absolute atomic E-state index is 10.4. The van der Waals surface area contributed by atoms with Crippen molar-refractivity contribution in [3.05, 3.63) is 15.9 Å². The van der Waals surface area contributed by atoms with Crippen LogP contribution in [0.3, 0.4) is 0 Å². The van der Waals surface area contributed by atoms with Gasteiger partial charge < -0.3 is 0 Å². The summed E-state index contributed by atoms with van der Waals surface area (Å²) >= 11 is 5.51. The summed E-state index contributed by atoms with van der Waals surface area (Å²) in [6.07, 6.45) is 1.29. The molecule has 0 N–H and O–H groups in total. The monoisotopic (exact) mass is 346 g/mol. The van der Waals surface area contributed by atoms with Gasteiger partial charge in [-0.05, 0) is 44.9 Å². The van der Waals surface area contributed by atoms with Crippen LogP contribution in [0.4, 0.5) is 0 Å². The second-order valence-electron chi connectivity index (χ2n) is 1.90. The number of carbonyl (C=O) groups excluding carboxylic acids is 1. The summed E-state index contributed by atoms with van der Waals surface area (Å²) in [6, 6.07) is 0. The first-order chi connectivity index (χ1) is 5.20. The maximum atomic E-state index is 10.4. The largest absolute Gasteiger partial charge is 0.296 e. The minimum absolute atomic E-state index is 0.478. The first kappa shape index (κ1) is 9.61. The third kappa shape index (κ3) is 1.81. The lowest BCUT2D eigenvalue weighted by Gasteiger charge is -1.94. The molecule has 1 rings (SSSR count). The number of aldehydes is 1. The fourth-order valence-electron chi connectivity index (χ4n) is 0.663. The van der Waals surface area contributed by atoms with E-state index in [-0.39, 0.29) is 0 Å². The van der Waals surface area contributed by atoms with E-state index in [9.17, 15) is 4.79 Å². The van der Waals surface area contributed by atoms with Crippen molar-refractivity contribution in [1.29, 1.82) is 0 Å². The molecule has 6 heteroatoms. The molecule has 3 nitrogen and oxygen atoms in total. The SMILES string of the molecule is Cc1c(Br)c(C=O)nn1PI. The second-order valence-corrected chi connectivity index (χ2v) is 4.73. The van der Waals surface area contributed by atoms with Gasteiger partial charge in [0.25, 0.3) is 0 Å². The molecule has 0 saturated heterocycles. The molecule has 0 aliphatic carbocycles. The van der Waals surface area contributed by atoms with E-state index in [1.165, 1.54) is 0 Å². The van der Waals surface area contributed by atoms with Crippen LogP contribution in [0.2, 0.25) is 0 Å². The van der Waals surface area contributed by atoms with Crippen molar-refractivity contribution in [3.63, 3.8) is 0 Å². The van der Waals surface area contributed by atoms with Crippen molar-refractivity contribution in [3.8, 4) is 0 Å². The molecule has 11 heavy (non-hydrogen) atoms. The van der Waals surface area contributed by atoms with Crippen molar-refractivity contribution in [1.82, 2.24) is 9.55 Å². The van der Waals surface area contributed by atoms with E-state index in [1.54, 1.807) is 4.45 Å². The molecule has 0 radical (unpaired) electrons. The van der Waals surface area contributed by atoms with Gasteiger partial charge >= 0.3 is 0 Å². The quantitative estimate of drug-likeness (QED) is 0.468. The fraction of sp³-hybridized carbons (Fsp3) is 0.200. The van der Waals surface area contributed by atoms with Crippen LogP contribution in [0.5, 0.6) is 0 Å². The second kappa shape index (κ2) is 3.96. The van der Waals surface area contributed by atoms with E-state index < -0.39 is 0 Å². The summed E-state index contributed by atoms with van der Waals surface area (Å²) in [6.45, 7) is 1.93. The molecule has 0 fully saturated rings. The van der Waals surface area contributed by atoms with Gasteiger partial charge in [-0.3, -0.25) is 4.79 Å². The Labute approximate surface area is 87.4 Å². The van der Waals surface area contributed by atoms with Crippen LogP contribution in [-0.2, 0) is 0 Å². The highest BCUT2D eigenvalue weighted by Crippen LogP contribution is 2.29. The van der Waals surface area contributed by atoms with Gasteiger partial charge in [0.05, 0.1) is 16.5 Å². The minimum Gasteiger partial charge on any atom is -0.296 e. The lowest BCUT2D eigenvalue weighted by Crippen LogP contribution is -1.86. The van der Waals surface area contributed by atoms with Crippen LogP contribution in [0.15, 0.2) is 4.47 Å². The summed E-state index contributed by atoms with van der Waals surface area (Å²) in [7, 11) is 0. The van der Waals surface area contributed by atoms with Crippen molar-refractivity contribution in [2.75, 3.05) is 0 Å². The number of halogens is 2. The Morgan fingerprint density at radius 3 is 2.73 bits per heavy atom.